The topological polar surface area (TPSA) is 59.0 Å². The number of aromatic nitrogens is 2. The van der Waals surface area contributed by atoms with E-state index in [1.165, 1.54) is 0 Å². The van der Waals surface area contributed by atoms with Gasteiger partial charge in [0.1, 0.15) is 0 Å². The second-order valence-corrected chi connectivity index (χ2v) is 6.59. The lowest BCUT2D eigenvalue weighted by Gasteiger charge is -2.28. The summed E-state index contributed by atoms with van der Waals surface area (Å²) < 4.78 is 2.69. The van der Waals surface area contributed by atoms with Crippen LogP contribution in [0.2, 0.25) is 0 Å². The molecule has 1 aliphatic rings. The van der Waals surface area contributed by atoms with Gasteiger partial charge in [0.25, 0.3) is 5.91 Å². The lowest BCUT2D eigenvalue weighted by molar-refractivity contribution is 0.0920. The molecule has 124 valence electrons. The van der Waals surface area contributed by atoms with E-state index < -0.39 is 0 Å². The maximum Gasteiger partial charge on any atom is 0.272 e. The molecule has 2 aromatic rings. The van der Waals surface area contributed by atoms with Crippen molar-refractivity contribution in [2.24, 2.45) is 0 Å². The Kier molecular flexibility index (Phi) is 6.21. The standard InChI is InChI=1S/C16H19BrN4O.ClH/c1-11-9-13(5-7-18-11)19-16(22)15-6-8-21(20-15)14-4-2-3-12(17)10-14;/h2-4,6,8,10-11,13,18H,5,7,9H2,1H3,(H,19,22);1H. The molecular weight excluding hydrogens is 380 g/mol. The third-order valence-corrected chi connectivity index (χ3v) is 4.35. The van der Waals surface area contributed by atoms with Gasteiger partial charge >= 0.3 is 0 Å². The molecule has 0 bridgehead atoms. The van der Waals surface area contributed by atoms with E-state index in [1.54, 1.807) is 10.7 Å². The summed E-state index contributed by atoms with van der Waals surface area (Å²) in [5, 5.41) is 10.8. The number of halogens is 2. The van der Waals surface area contributed by atoms with Gasteiger partial charge in [-0.05, 0) is 50.6 Å². The van der Waals surface area contributed by atoms with Gasteiger partial charge in [-0.3, -0.25) is 4.79 Å². The van der Waals surface area contributed by atoms with E-state index >= 15 is 0 Å². The minimum atomic E-state index is -0.104. The number of carbonyl (C=O) groups is 1. The highest BCUT2D eigenvalue weighted by molar-refractivity contribution is 9.10. The highest BCUT2D eigenvalue weighted by Gasteiger charge is 2.21. The van der Waals surface area contributed by atoms with Crippen LogP contribution in [0, 0.1) is 0 Å². The SMILES string of the molecule is CC1CC(NC(=O)c2ccn(-c3cccc(Br)c3)n2)CCN1.Cl. The van der Waals surface area contributed by atoms with Gasteiger partial charge in [-0.2, -0.15) is 5.10 Å². The monoisotopic (exact) mass is 398 g/mol. The van der Waals surface area contributed by atoms with Gasteiger partial charge < -0.3 is 10.6 Å². The summed E-state index contributed by atoms with van der Waals surface area (Å²) in [7, 11) is 0. The number of rotatable bonds is 3. The molecule has 2 heterocycles. The first-order chi connectivity index (χ1) is 10.6. The van der Waals surface area contributed by atoms with Gasteiger partial charge in [0.15, 0.2) is 5.69 Å². The smallest absolute Gasteiger partial charge is 0.272 e. The fraction of sp³-hybridized carbons (Fsp3) is 0.375. The van der Waals surface area contributed by atoms with Crippen LogP contribution in [-0.4, -0.2) is 34.3 Å². The summed E-state index contributed by atoms with van der Waals surface area (Å²) in [4.78, 5) is 12.3. The van der Waals surface area contributed by atoms with Crippen LogP contribution in [0.5, 0.6) is 0 Å². The molecule has 1 aliphatic heterocycles. The zero-order chi connectivity index (χ0) is 15.5. The minimum Gasteiger partial charge on any atom is -0.348 e. The quantitative estimate of drug-likeness (QED) is 0.834. The Labute approximate surface area is 150 Å². The van der Waals surface area contributed by atoms with Gasteiger partial charge in [0, 0.05) is 22.8 Å². The number of benzene rings is 1. The molecule has 7 heteroatoms. The van der Waals surface area contributed by atoms with E-state index in [4.69, 9.17) is 0 Å². The minimum absolute atomic E-state index is 0. The van der Waals surface area contributed by atoms with E-state index in [0.29, 0.717) is 11.7 Å². The maximum atomic E-state index is 12.3. The van der Waals surface area contributed by atoms with Crippen LogP contribution in [0.25, 0.3) is 5.69 Å². The number of hydrogen-bond acceptors (Lipinski definition) is 3. The molecule has 2 N–H and O–H groups in total. The lowest BCUT2D eigenvalue weighted by atomic mass is 10.0. The molecular formula is C16H20BrClN4O. The van der Waals surface area contributed by atoms with Crippen molar-refractivity contribution in [3.8, 4) is 5.69 Å². The van der Waals surface area contributed by atoms with Crippen molar-refractivity contribution >= 4 is 34.2 Å². The molecule has 1 aromatic carbocycles. The molecule has 0 aliphatic carbocycles. The van der Waals surface area contributed by atoms with Gasteiger partial charge in [0.05, 0.1) is 5.69 Å². The summed E-state index contributed by atoms with van der Waals surface area (Å²) in [6.45, 7) is 3.08. The zero-order valence-corrected chi connectivity index (χ0v) is 15.2. The fourth-order valence-corrected chi connectivity index (χ4v) is 3.12. The van der Waals surface area contributed by atoms with Crippen LogP contribution >= 0.6 is 28.3 Å². The Balaban J connectivity index is 0.00000192. The number of nitrogens with zero attached hydrogens (tertiary/aromatic N) is 2. The van der Waals surface area contributed by atoms with Crippen molar-refractivity contribution in [1.82, 2.24) is 20.4 Å². The largest absolute Gasteiger partial charge is 0.348 e. The van der Waals surface area contributed by atoms with Crippen LogP contribution in [0.15, 0.2) is 41.0 Å². The van der Waals surface area contributed by atoms with E-state index in [2.05, 4.69) is 38.6 Å². The lowest BCUT2D eigenvalue weighted by Crippen LogP contribution is -2.46. The summed E-state index contributed by atoms with van der Waals surface area (Å²) >= 11 is 3.44. The Morgan fingerprint density at radius 3 is 3.00 bits per heavy atom. The predicted octanol–water partition coefficient (Wildman–Crippen LogP) is 2.93. The van der Waals surface area contributed by atoms with Gasteiger partial charge in [-0.25, -0.2) is 4.68 Å². The molecule has 0 radical (unpaired) electrons. The van der Waals surface area contributed by atoms with E-state index in [9.17, 15) is 4.79 Å². The third-order valence-electron chi connectivity index (χ3n) is 3.85. The summed E-state index contributed by atoms with van der Waals surface area (Å²) in [6, 6.07) is 10.2. The van der Waals surface area contributed by atoms with Gasteiger partial charge in [-0.1, -0.05) is 22.0 Å². The van der Waals surface area contributed by atoms with Gasteiger partial charge in [-0.15, -0.1) is 12.4 Å². The van der Waals surface area contributed by atoms with Crippen LogP contribution in [-0.2, 0) is 0 Å². The zero-order valence-electron chi connectivity index (χ0n) is 12.8. The van der Waals surface area contributed by atoms with Crippen molar-refractivity contribution < 1.29 is 4.79 Å². The van der Waals surface area contributed by atoms with Crippen LogP contribution < -0.4 is 10.6 Å². The molecule has 1 amide bonds. The van der Waals surface area contributed by atoms with Gasteiger partial charge in [0.2, 0.25) is 0 Å². The molecule has 1 fully saturated rings. The second-order valence-electron chi connectivity index (χ2n) is 5.68. The first-order valence-electron chi connectivity index (χ1n) is 7.47. The second kappa shape index (κ2) is 7.95. The highest BCUT2D eigenvalue weighted by atomic mass is 79.9. The number of hydrogen-bond donors (Lipinski definition) is 2. The average molecular weight is 400 g/mol. The Morgan fingerprint density at radius 2 is 2.26 bits per heavy atom. The number of piperidine rings is 1. The Morgan fingerprint density at radius 1 is 1.43 bits per heavy atom. The predicted molar refractivity (Wildman–Crippen MR) is 96.5 cm³/mol. The van der Waals surface area contributed by atoms with Crippen LogP contribution in [0.3, 0.4) is 0 Å². The molecule has 23 heavy (non-hydrogen) atoms. The molecule has 2 atom stereocenters. The Hall–Kier alpha value is -1.37. The average Bonchev–Trinajstić information content (AvgIpc) is 2.97. The first-order valence-corrected chi connectivity index (χ1v) is 8.27. The molecule has 0 saturated carbocycles. The van der Waals surface area contributed by atoms with Crippen LogP contribution in [0.1, 0.15) is 30.3 Å². The number of carbonyl (C=O) groups excluding carboxylic acids is 1. The molecule has 0 spiro atoms. The van der Waals surface area contributed by atoms with Crippen LogP contribution in [0.4, 0.5) is 0 Å². The third kappa shape index (κ3) is 4.56. The Bertz CT molecular complexity index is 676. The van der Waals surface area contributed by atoms with Crippen molar-refractivity contribution in [2.75, 3.05) is 6.54 Å². The summed E-state index contributed by atoms with van der Waals surface area (Å²) in [5.41, 5.74) is 1.37. The first kappa shape index (κ1) is 18.0. The summed E-state index contributed by atoms with van der Waals surface area (Å²) in [5.74, 6) is -0.104. The molecule has 1 saturated heterocycles. The van der Waals surface area contributed by atoms with E-state index in [1.807, 2.05) is 30.5 Å². The molecule has 5 nitrogen and oxygen atoms in total. The van der Waals surface area contributed by atoms with E-state index in [0.717, 1.165) is 29.5 Å². The summed E-state index contributed by atoms with van der Waals surface area (Å²) in [6.07, 6.45) is 3.72. The molecule has 2 unspecified atom stereocenters. The fourth-order valence-electron chi connectivity index (χ4n) is 2.73. The number of amides is 1. The van der Waals surface area contributed by atoms with Crippen molar-refractivity contribution in [2.45, 2.75) is 31.8 Å². The van der Waals surface area contributed by atoms with E-state index in [-0.39, 0.29) is 24.4 Å². The molecule has 3 rings (SSSR count). The van der Waals surface area contributed by atoms with Crippen molar-refractivity contribution in [3.63, 3.8) is 0 Å². The highest BCUT2D eigenvalue weighted by Crippen LogP contribution is 2.15. The normalized spacial score (nSPS) is 20.6. The molecule has 1 aromatic heterocycles. The van der Waals surface area contributed by atoms with Crippen molar-refractivity contribution in [1.29, 1.82) is 0 Å². The maximum absolute atomic E-state index is 12.3. The number of nitrogens with one attached hydrogen (secondary N) is 2. The van der Waals surface area contributed by atoms with Crippen molar-refractivity contribution in [3.05, 3.63) is 46.7 Å².